The number of ether oxygens (including phenoxy) is 1. The van der Waals surface area contributed by atoms with Crippen LogP contribution in [0.15, 0.2) is 35.3 Å². The summed E-state index contributed by atoms with van der Waals surface area (Å²) < 4.78 is 7.25. The molecule has 1 fully saturated rings. The molecule has 2 aromatic heterocycles. The number of amides is 1. The monoisotopic (exact) mass is 521 g/mol. The standard InChI is InChI=1S/C28H39N7O3/c1-5-7-21(8-6-2)30-25-24-22(31-28(29)32-25)11-12-35(27(24)37)18-20-10-9-19(17-23(20)38-4)26(36)34-15-13-33(3)14-16-34/h9-12,17,21H,5-8,13-16,18H2,1-4H3,(H3,29,30,31,32). The molecule has 0 bridgehead atoms. The third-order valence-corrected chi connectivity index (χ3v) is 7.12. The number of hydrogen-bond donors (Lipinski definition) is 2. The highest BCUT2D eigenvalue weighted by Gasteiger charge is 2.22. The van der Waals surface area contributed by atoms with Gasteiger partial charge in [-0.1, -0.05) is 32.8 Å². The molecule has 3 aromatic rings. The molecule has 1 amide bonds. The van der Waals surface area contributed by atoms with Gasteiger partial charge in [0.1, 0.15) is 17.0 Å². The number of carbonyl (C=O) groups excluding carboxylic acids is 1. The SMILES string of the molecule is CCCC(CCC)Nc1nc(N)nc2ccn(Cc3ccc(C(=O)N4CCN(C)CC4)cc3OC)c(=O)c12. The van der Waals surface area contributed by atoms with E-state index in [0.717, 1.165) is 44.3 Å². The molecule has 0 radical (unpaired) electrons. The van der Waals surface area contributed by atoms with Gasteiger partial charge >= 0.3 is 0 Å². The van der Waals surface area contributed by atoms with Crippen LogP contribution in [0.4, 0.5) is 11.8 Å². The highest BCUT2D eigenvalue weighted by atomic mass is 16.5. The molecule has 1 aliphatic rings. The number of anilines is 2. The first kappa shape index (κ1) is 27.4. The van der Waals surface area contributed by atoms with Crippen LogP contribution in [0.3, 0.4) is 0 Å². The Kier molecular flexibility index (Phi) is 8.83. The van der Waals surface area contributed by atoms with Crippen molar-refractivity contribution in [1.82, 2.24) is 24.3 Å². The Balaban J connectivity index is 1.64. The Morgan fingerprint density at radius 3 is 2.47 bits per heavy atom. The molecule has 4 rings (SSSR count). The van der Waals surface area contributed by atoms with Gasteiger partial charge in [0.2, 0.25) is 5.95 Å². The maximum Gasteiger partial charge on any atom is 0.264 e. The molecule has 0 saturated carbocycles. The van der Waals surface area contributed by atoms with Crippen LogP contribution in [0.25, 0.3) is 10.9 Å². The maximum absolute atomic E-state index is 13.7. The summed E-state index contributed by atoms with van der Waals surface area (Å²) in [4.78, 5) is 39.5. The maximum atomic E-state index is 13.7. The first-order valence-corrected chi connectivity index (χ1v) is 13.4. The van der Waals surface area contributed by atoms with Gasteiger partial charge in [-0.2, -0.15) is 4.98 Å². The van der Waals surface area contributed by atoms with Crippen LogP contribution in [0, 0.1) is 0 Å². The largest absolute Gasteiger partial charge is 0.496 e. The normalized spacial score (nSPS) is 14.3. The van der Waals surface area contributed by atoms with Gasteiger partial charge in [0, 0.05) is 49.5 Å². The Hall–Kier alpha value is -3.66. The predicted octanol–water partition coefficient (Wildman–Crippen LogP) is 3.20. The number of aromatic nitrogens is 3. The second kappa shape index (κ2) is 12.3. The summed E-state index contributed by atoms with van der Waals surface area (Å²) in [5.41, 5.74) is 7.65. The average Bonchev–Trinajstić information content (AvgIpc) is 2.90. The number of nitrogen functional groups attached to an aromatic ring is 1. The summed E-state index contributed by atoms with van der Waals surface area (Å²) in [5, 5.41) is 3.88. The number of nitrogens with zero attached hydrogens (tertiary/aromatic N) is 5. The molecule has 3 heterocycles. The second-order valence-electron chi connectivity index (χ2n) is 9.98. The minimum absolute atomic E-state index is 0.00927. The number of benzene rings is 1. The lowest BCUT2D eigenvalue weighted by Gasteiger charge is -2.32. The van der Waals surface area contributed by atoms with Gasteiger partial charge in [-0.25, -0.2) is 4.98 Å². The van der Waals surface area contributed by atoms with E-state index in [0.29, 0.717) is 41.1 Å². The molecule has 1 aliphatic heterocycles. The van der Waals surface area contributed by atoms with E-state index in [1.165, 1.54) is 0 Å². The minimum Gasteiger partial charge on any atom is -0.496 e. The summed E-state index contributed by atoms with van der Waals surface area (Å²) in [5.74, 6) is 1.16. The minimum atomic E-state index is -0.212. The van der Waals surface area contributed by atoms with Crippen molar-refractivity contribution in [2.45, 2.75) is 52.1 Å². The third-order valence-electron chi connectivity index (χ3n) is 7.12. The summed E-state index contributed by atoms with van der Waals surface area (Å²) >= 11 is 0. The van der Waals surface area contributed by atoms with Crippen molar-refractivity contribution in [2.75, 3.05) is 51.4 Å². The van der Waals surface area contributed by atoms with E-state index in [9.17, 15) is 9.59 Å². The molecule has 0 atom stereocenters. The van der Waals surface area contributed by atoms with Crippen molar-refractivity contribution < 1.29 is 9.53 Å². The number of hydrogen-bond acceptors (Lipinski definition) is 8. The smallest absolute Gasteiger partial charge is 0.264 e. The zero-order chi connectivity index (χ0) is 27.2. The molecule has 10 nitrogen and oxygen atoms in total. The molecule has 1 aromatic carbocycles. The molecule has 0 unspecified atom stereocenters. The van der Waals surface area contributed by atoms with Crippen LogP contribution < -0.4 is 21.3 Å². The number of fused-ring (bicyclic) bond motifs is 1. The molecule has 0 aliphatic carbocycles. The number of nitrogens with two attached hydrogens (primary N) is 1. The molecule has 1 saturated heterocycles. The number of methoxy groups -OCH3 is 1. The topological polar surface area (TPSA) is 119 Å². The number of piperazine rings is 1. The third kappa shape index (κ3) is 6.07. The zero-order valence-electron chi connectivity index (χ0n) is 22.9. The lowest BCUT2D eigenvalue weighted by Crippen LogP contribution is -2.47. The van der Waals surface area contributed by atoms with Crippen LogP contribution in [-0.2, 0) is 6.54 Å². The van der Waals surface area contributed by atoms with Crippen LogP contribution in [0.5, 0.6) is 5.75 Å². The zero-order valence-corrected chi connectivity index (χ0v) is 22.9. The van der Waals surface area contributed by atoms with Crippen molar-refractivity contribution in [1.29, 1.82) is 0 Å². The van der Waals surface area contributed by atoms with E-state index < -0.39 is 0 Å². The quantitative estimate of drug-likeness (QED) is 0.418. The van der Waals surface area contributed by atoms with Gasteiger partial charge in [0.25, 0.3) is 11.5 Å². The molecule has 204 valence electrons. The Morgan fingerprint density at radius 1 is 1.11 bits per heavy atom. The van der Waals surface area contributed by atoms with Gasteiger partial charge in [0.15, 0.2) is 0 Å². The first-order chi connectivity index (χ1) is 18.3. The summed E-state index contributed by atoms with van der Waals surface area (Å²) in [7, 11) is 3.63. The average molecular weight is 522 g/mol. The van der Waals surface area contributed by atoms with Crippen molar-refractivity contribution in [3.63, 3.8) is 0 Å². The molecular weight excluding hydrogens is 482 g/mol. The van der Waals surface area contributed by atoms with E-state index in [4.69, 9.17) is 10.5 Å². The van der Waals surface area contributed by atoms with Gasteiger partial charge in [0.05, 0.1) is 19.2 Å². The van der Waals surface area contributed by atoms with E-state index in [1.807, 2.05) is 17.0 Å². The summed E-state index contributed by atoms with van der Waals surface area (Å²) in [6.07, 6.45) is 5.69. The Bertz CT molecular complexity index is 1330. The fraction of sp³-hybridized carbons (Fsp3) is 0.500. The summed E-state index contributed by atoms with van der Waals surface area (Å²) in [6.45, 7) is 7.67. The highest BCUT2D eigenvalue weighted by Crippen LogP contribution is 2.24. The van der Waals surface area contributed by atoms with E-state index >= 15 is 0 Å². The van der Waals surface area contributed by atoms with Crippen molar-refractivity contribution in [3.8, 4) is 5.75 Å². The van der Waals surface area contributed by atoms with Crippen molar-refractivity contribution >= 4 is 28.6 Å². The molecule has 10 heteroatoms. The van der Waals surface area contributed by atoms with Gasteiger partial charge in [-0.05, 0) is 38.1 Å². The van der Waals surface area contributed by atoms with Gasteiger partial charge < -0.3 is 30.2 Å². The van der Waals surface area contributed by atoms with E-state index in [2.05, 4.69) is 41.1 Å². The molecular formula is C28H39N7O3. The molecule has 38 heavy (non-hydrogen) atoms. The van der Waals surface area contributed by atoms with Gasteiger partial charge in [-0.15, -0.1) is 0 Å². The Labute approximate surface area is 223 Å². The fourth-order valence-corrected chi connectivity index (χ4v) is 4.99. The van der Waals surface area contributed by atoms with E-state index in [-0.39, 0.29) is 30.0 Å². The van der Waals surface area contributed by atoms with Crippen LogP contribution in [-0.4, -0.2) is 76.6 Å². The number of pyridine rings is 1. The number of carbonyl (C=O) groups is 1. The Morgan fingerprint density at radius 2 is 1.82 bits per heavy atom. The lowest BCUT2D eigenvalue weighted by molar-refractivity contribution is 0.0663. The summed E-state index contributed by atoms with van der Waals surface area (Å²) in [6, 6.07) is 7.41. The highest BCUT2D eigenvalue weighted by molar-refractivity contribution is 5.95. The number of rotatable bonds is 10. The first-order valence-electron chi connectivity index (χ1n) is 13.4. The van der Waals surface area contributed by atoms with Gasteiger partial charge in [-0.3, -0.25) is 9.59 Å². The molecule has 3 N–H and O–H groups in total. The lowest BCUT2D eigenvalue weighted by atomic mass is 10.1. The fourth-order valence-electron chi connectivity index (χ4n) is 4.99. The molecule has 0 spiro atoms. The van der Waals surface area contributed by atoms with Crippen LogP contribution in [0.1, 0.15) is 55.5 Å². The van der Waals surface area contributed by atoms with E-state index in [1.54, 1.807) is 30.0 Å². The van der Waals surface area contributed by atoms with Crippen molar-refractivity contribution in [2.24, 2.45) is 0 Å². The van der Waals surface area contributed by atoms with Crippen molar-refractivity contribution in [3.05, 3.63) is 51.9 Å². The number of likely N-dealkylation sites (N-methyl/N-ethyl adjacent to an activating group) is 1. The number of nitrogens with one attached hydrogen (secondary N) is 1. The second-order valence-corrected chi connectivity index (χ2v) is 9.98. The van der Waals surface area contributed by atoms with Crippen LogP contribution in [0.2, 0.25) is 0 Å². The van der Waals surface area contributed by atoms with Crippen LogP contribution >= 0.6 is 0 Å². The predicted molar refractivity (Wildman–Crippen MR) is 151 cm³/mol.